The van der Waals surface area contributed by atoms with Gasteiger partial charge in [-0.1, -0.05) is 6.07 Å². The minimum absolute atomic E-state index is 0.282. The van der Waals surface area contributed by atoms with E-state index in [0.29, 0.717) is 25.5 Å². The van der Waals surface area contributed by atoms with E-state index in [1.54, 1.807) is 19.4 Å². The van der Waals surface area contributed by atoms with Crippen molar-refractivity contribution in [2.24, 2.45) is 0 Å². The smallest absolute Gasteiger partial charge is 0.270 e. The number of methoxy groups -OCH3 is 1. The van der Waals surface area contributed by atoms with Crippen LogP contribution in [-0.4, -0.2) is 41.1 Å². The Morgan fingerprint density at radius 1 is 1.04 bits per heavy atom. The monoisotopic (exact) mass is 379 g/mol. The van der Waals surface area contributed by atoms with Gasteiger partial charge in [0.2, 0.25) is 0 Å². The fourth-order valence-corrected chi connectivity index (χ4v) is 2.36. The first kappa shape index (κ1) is 19.1. The van der Waals surface area contributed by atoms with Crippen LogP contribution < -0.4 is 20.1 Å². The number of nitrogens with zero attached hydrogens (tertiary/aromatic N) is 3. The lowest BCUT2D eigenvalue weighted by atomic mass is 10.3. The summed E-state index contributed by atoms with van der Waals surface area (Å²) >= 11 is 0. The molecule has 144 valence electrons. The number of carbonyl (C=O) groups is 1. The van der Waals surface area contributed by atoms with Crippen molar-refractivity contribution in [2.45, 2.75) is 6.54 Å². The quantitative estimate of drug-likeness (QED) is 0.551. The third-order valence-electron chi connectivity index (χ3n) is 3.79. The number of pyridine rings is 1. The zero-order valence-electron chi connectivity index (χ0n) is 15.5. The van der Waals surface area contributed by atoms with Crippen LogP contribution in [0.15, 0.2) is 61.1 Å². The highest BCUT2D eigenvalue weighted by Gasteiger charge is 2.08. The van der Waals surface area contributed by atoms with Gasteiger partial charge in [-0.2, -0.15) is 0 Å². The molecule has 1 amide bonds. The van der Waals surface area contributed by atoms with Gasteiger partial charge in [-0.25, -0.2) is 9.97 Å². The molecule has 0 unspecified atom stereocenters. The predicted octanol–water partition coefficient (Wildman–Crippen LogP) is 2.30. The molecule has 0 fully saturated rings. The Bertz CT molecular complexity index is 888. The first-order chi connectivity index (χ1) is 13.7. The predicted molar refractivity (Wildman–Crippen MR) is 104 cm³/mol. The van der Waals surface area contributed by atoms with E-state index in [2.05, 4.69) is 25.6 Å². The van der Waals surface area contributed by atoms with Gasteiger partial charge >= 0.3 is 0 Å². The van der Waals surface area contributed by atoms with E-state index in [4.69, 9.17) is 9.47 Å². The lowest BCUT2D eigenvalue weighted by molar-refractivity contribution is 0.0945. The molecular weight excluding hydrogens is 358 g/mol. The van der Waals surface area contributed by atoms with E-state index in [-0.39, 0.29) is 11.6 Å². The summed E-state index contributed by atoms with van der Waals surface area (Å²) in [6.45, 7) is 1.30. The van der Waals surface area contributed by atoms with Crippen molar-refractivity contribution in [3.63, 3.8) is 0 Å². The molecule has 3 rings (SSSR count). The van der Waals surface area contributed by atoms with E-state index < -0.39 is 0 Å². The van der Waals surface area contributed by atoms with Crippen molar-refractivity contribution >= 4 is 11.7 Å². The number of nitrogens with one attached hydrogen (secondary N) is 2. The molecule has 2 aromatic heterocycles. The third kappa shape index (κ3) is 5.66. The standard InChI is InChI=1S/C20H21N5O3/c1-27-16-5-7-17(8-6-16)28-11-10-22-19-12-18(24-14-25-19)20(26)23-13-15-4-2-3-9-21-15/h2-9,12,14H,10-11,13H2,1H3,(H,23,26)(H,22,24,25). The van der Waals surface area contributed by atoms with Crippen LogP contribution in [-0.2, 0) is 6.54 Å². The van der Waals surface area contributed by atoms with Crippen molar-refractivity contribution in [3.8, 4) is 11.5 Å². The molecular formula is C20H21N5O3. The second kappa shape index (κ2) is 9.86. The van der Waals surface area contributed by atoms with E-state index in [1.165, 1.54) is 6.33 Å². The molecule has 0 saturated heterocycles. The van der Waals surface area contributed by atoms with Crippen LogP contribution in [0.5, 0.6) is 11.5 Å². The highest BCUT2D eigenvalue weighted by atomic mass is 16.5. The number of hydrogen-bond donors (Lipinski definition) is 2. The Kier molecular flexibility index (Phi) is 6.73. The van der Waals surface area contributed by atoms with Crippen molar-refractivity contribution < 1.29 is 14.3 Å². The van der Waals surface area contributed by atoms with Crippen molar-refractivity contribution in [1.82, 2.24) is 20.3 Å². The van der Waals surface area contributed by atoms with Gasteiger partial charge in [0, 0.05) is 12.3 Å². The van der Waals surface area contributed by atoms with E-state index in [9.17, 15) is 4.79 Å². The van der Waals surface area contributed by atoms with Crippen LogP contribution in [0.1, 0.15) is 16.2 Å². The minimum atomic E-state index is -0.286. The van der Waals surface area contributed by atoms with E-state index in [1.807, 2.05) is 42.5 Å². The molecule has 8 heteroatoms. The maximum absolute atomic E-state index is 12.2. The fraction of sp³-hybridized carbons (Fsp3) is 0.200. The molecule has 2 N–H and O–H groups in total. The average Bonchev–Trinajstić information content (AvgIpc) is 2.76. The molecule has 0 aliphatic rings. The van der Waals surface area contributed by atoms with Crippen LogP contribution in [0.4, 0.5) is 5.82 Å². The number of carbonyl (C=O) groups excluding carboxylic acids is 1. The molecule has 8 nitrogen and oxygen atoms in total. The summed E-state index contributed by atoms with van der Waals surface area (Å²) in [7, 11) is 1.62. The Morgan fingerprint density at radius 2 is 1.86 bits per heavy atom. The van der Waals surface area contributed by atoms with Gasteiger partial charge in [0.05, 0.1) is 25.9 Å². The van der Waals surface area contributed by atoms with Gasteiger partial charge in [0.1, 0.15) is 35.9 Å². The molecule has 0 bridgehead atoms. The summed E-state index contributed by atoms with van der Waals surface area (Å²) < 4.78 is 10.8. The van der Waals surface area contributed by atoms with Gasteiger partial charge in [-0.3, -0.25) is 9.78 Å². The molecule has 0 aliphatic heterocycles. The topological polar surface area (TPSA) is 98.3 Å². The molecule has 0 saturated carbocycles. The highest BCUT2D eigenvalue weighted by Crippen LogP contribution is 2.16. The lowest BCUT2D eigenvalue weighted by Gasteiger charge is -2.09. The second-order valence-electron chi connectivity index (χ2n) is 5.74. The summed E-state index contributed by atoms with van der Waals surface area (Å²) in [6, 6.07) is 14.5. The highest BCUT2D eigenvalue weighted by molar-refractivity contribution is 5.92. The van der Waals surface area contributed by atoms with Gasteiger partial charge in [0.25, 0.3) is 5.91 Å². The molecule has 0 radical (unpaired) electrons. The number of aromatic nitrogens is 3. The van der Waals surface area contributed by atoms with Gasteiger partial charge in [0.15, 0.2) is 0 Å². The summed E-state index contributed by atoms with van der Waals surface area (Å²) in [5.41, 5.74) is 1.06. The molecule has 0 atom stereocenters. The summed E-state index contributed by atoms with van der Waals surface area (Å²) in [6.07, 6.45) is 3.03. The Labute approximate surface area is 163 Å². The summed E-state index contributed by atoms with van der Waals surface area (Å²) in [5, 5.41) is 5.90. The number of benzene rings is 1. The number of rotatable bonds is 9. The maximum Gasteiger partial charge on any atom is 0.270 e. The molecule has 3 aromatic rings. The van der Waals surface area contributed by atoms with Crippen molar-refractivity contribution in [1.29, 1.82) is 0 Å². The fourth-order valence-electron chi connectivity index (χ4n) is 2.36. The van der Waals surface area contributed by atoms with Crippen molar-refractivity contribution in [2.75, 3.05) is 25.6 Å². The zero-order valence-corrected chi connectivity index (χ0v) is 15.5. The first-order valence-electron chi connectivity index (χ1n) is 8.75. The van der Waals surface area contributed by atoms with E-state index >= 15 is 0 Å². The largest absolute Gasteiger partial charge is 0.497 e. The van der Waals surface area contributed by atoms with E-state index in [0.717, 1.165) is 17.2 Å². The van der Waals surface area contributed by atoms with Gasteiger partial charge < -0.3 is 20.1 Å². The van der Waals surface area contributed by atoms with Crippen LogP contribution in [0.25, 0.3) is 0 Å². The molecule has 0 spiro atoms. The summed E-state index contributed by atoms with van der Waals surface area (Å²) in [4.78, 5) is 24.5. The Balaban J connectivity index is 1.45. The Hall–Kier alpha value is -3.68. The van der Waals surface area contributed by atoms with Crippen LogP contribution in [0, 0.1) is 0 Å². The molecule has 1 aromatic carbocycles. The van der Waals surface area contributed by atoms with Crippen molar-refractivity contribution in [3.05, 3.63) is 72.4 Å². The molecule has 2 heterocycles. The molecule has 28 heavy (non-hydrogen) atoms. The second-order valence-corrected chi connectivity index (χ2v) is 5.74. The maximum atomic E-state index is 12.2. The van der Waals surface area contributed by atoms with Crippen LogP contribution in [0.2, 0.25) is 0 Å². The first-order valence-corrected chi connectivity index (χ1v) is 8.75. The normalized spacial score (nSPS) is 10.2. The molecule has 0 aliphatic carbocycles. The minimum Gasteiger partial charge on any atom is -0.497 e. The number of amides is 1. The SMILES string of the molecule is COc1ccc(OCCNc2cc(C(=O)NCc3ccccn3)ncn2)cc1. The number of anilines is 1. The third-order valence-corrected chi connectivity index (χ3v) is 3.79. The van der Waals surface area contributed by atoms with Gasteiger partial charge in [-0.15, -0.1) is 0 Å². The number of ether oxygens (including phenoxy) is 2. The lowest BCUT2D eigenvalue weighted by Crippen LogP contribution is -2.24. The van der Waals surface area contributed by atoms with Crippen LogP contribution >= 0.6 is 0 Å². The van der Waals surface area contributed by atoms with Crippen LogP contribution in [0.3, 0.4) is 0 Å². The summed E-state index contributed by atoms with van der Waals surface area (Å²) in [5.74, 6) is 1.79. The number of hydrogen-bond acceptors (Lipinski definition) is 7. The Morgan fingerprint density at radius 3 is 2.61 bits per heavy atom. The average molecular weight is 379 g/mol. The zero-order chi connectivity index (χ0) is 19.6. The van der Waals surface area contributed by atoms with Gasteiger partial charge in [-0.05, 0) is 36.4 Å².